The first kappa shape index (κ1) is 32.9. The average molecular weight is 481 g/mol. The molecule has 0 aliphatic heterocycles. The molecule has 0 aromatic carbocycles. The number of carbonyl (C=O) groups is 5. The molecule has 1 rings (SSSR count). The van der Waals surface area contributed by atoms with Gasteiger partial charge in [-0.05, 0) is 50.8 Å². The molecule has 1 aliphatic rings. The molecule has 9 nitrogen and oxygen atoms in total. The molecular formula is C25H40N2O7. The third-order valence-electron chi connectivity index (χ3n) is 4.11. The summed E-state index contributed by atoms with van der Waals surface area (Å²) in [6, 6.07) is 0. The van der Waals surface area contributed by atoms with Crippen molar-refractivity contribution in [1.29, 1.82) is 0 Å². The van der Waals surface area contributed by atoms with E-state index in [0.29, 0.717) is 32.7 Å². The van der Waals surface area contributed by atoms with Crippen LogP contribution in [-0.4, -0.2) is 55.8 Å². The van der Waals surface area contributed by atoms with Gasteiger partial charge < -0.3 is 20.1 Å². The number of rotatable bonds is 10. The lowest BCUT2D eigenvalue weighted by Crippen LogP contribution is -2.26. The van der Waals surface area contributed by atoms with E-state index in [4.69, 9.17) is 0 Å². The van der Waals surface area contributed by atoms with Crippen LogP contribution in [0.25, 0.3) is 0 Å². The number of hydrogen-bond donors (Lipinski definition) is 2. The summed E-state index contributed by atoms with van der Waals surface area (Å²) < 4.78 is 9.14. The minimum absolute atomic E-state index is 0.0909. The monoisotopic (exact) mass is 480 g/mol. The lowest BCUT2D eigenvalue weighted by molar-refractivity contribution is -0.117. The summed E-state index contributed by atoms with van der Waals surface area (Å²) in [4.78, 5) is 53.6. The number of hydrogen-bond acceptors (Lipinski definition) is 7. The van der Waals surface area contributed by atoms with Crippen LogP contribution in [0.4, 0.5) is 9.59 Å². The normalized spacial score (nSPS) is 13.3. The predicted octanol–water partition coefficient (Wildman–Crippen LogP) is 4.08. The van der Waals surface area contributed by atoms with E-state index in [0.717, 1.165) is 6.42 Å². The molecule has 1 aliphatic carbocycles. The van der Waals surface area contributed by atoms with Gasteiger partial charge >= 0.3 is 12.2 Å². The van der Waals surface area contributed by atoms with E-state index in [1.165, 1.54) is 17.7 Å². The molecule has 0 unspecified atom stereocenters. The van der Waals surface area contributed by atoms with Crippen LogP contribution in [0.2, 0.25) is 0 Å². The summed E-state index contributed by atoms with van der Waals surface area (Å²) in [5, 5.41) is 4.84. The van der Waals surface area contributed by atoms with Crippen LogP contribution in [0.1, 0.15) is 60.3 Å². The molecule has 192 valence electrons. The zero-order chi connectivity index (χ0) is 26.6. The highest BCUT2D eigenvalue weighted by molar-refractivity contribution is 5.91. The molecule has 0 saturated heterocycles. The van der Waals surface area contributed by atoms with E-state index in [1.54, 1.807) is 19.9 Å². The van der Waals surface area contributed by atoms with Gasteiger partial charge in [0.1, 0.15) is 0 Å². The highest BCUT2D eigenvalue weighted by Crippen LogP contribution is 2.32. The van der Waals surface area contributed by atoms with Crippen LogP contribution in [0.3, 0.4) is 0 Å². The Morgan fingerprint density at radius 1 is 0.912 bits per heavy atom. The van der Waals surface area contributed by atoms with Gasteiger partial charge in [-0.2, -0.15) is 0 Å². The van der Waals surface area contributed by atoms with Crippen LogP contribution in [0, 0.1) is 5.41 Å². The molecular weight excluding hydrogens is 440 g/mol. The molecule has 0 radical (unpaired) electrons. The van der Waals surface area contributed by atoms with Crippen molar-refractivity contribution in [3.05, 3.63) is 37.0 Å². The third kappa shape index (κ3) is 20.7. The number of ketones is 3. The lowest BCUT2D eigenvalue weighted by Gasteiger charge is -2.27. The van der Waals surface area contributed by atoms with Gasteiger partial charge in [-0.1, -0.05) is 32.6 Å². The van der Waals surface area contributed by atoms with Crippen LogP contribution in [-0.2, 0) is 23.9 Å². The maximum absolute atomic E-state index is 11.0. The van der Waals surface area contributed by atoms with Crippen molar-refractivity contribution in [3.63, 3.8) is 0 Å². The molecule has 0 atom stereocenters. The Hall–Kier alpha value is -3.23. The molecule has 0 saturated carbocycles. The Kier molecular flexibility index (Phi) is 18.7. The number of ether oxygens (including phenoxy) is 2. The first-order chi connectivity index (χ1) is 15.9. The van der Waals surface area contributed by atoms with Gasteiger partial charge in [-0.15, -0.1) is 0 Å². The van der Waals surface area contributed by atoms with Gasteiger partial charge in [0.05, 0.1) is 13.2 Å². The maximum Gasteiger partial charge on any atom is 0.407 e. The standard InChI is InChI=1S/C9H14O.2C8H13NO3/c1-7-4-8(10)6-9(2,3)5-7;2*1-3-7(10)5-6-9-8(11)12-4-2/h4H,5-6H2,1-3H3;2*3H,1,4-6H2,2H3,(H,9,11). The van der Waals surface area contributed by atoms with Gasteiger partial charge in [0.25, 0.3) is 0 Å². The zero-order valence-corrected chi connectivity index (χ0v) is 21.2. The van der Waals surface area contributed by atoms with Crippen LogP contribution < -0.4 is 10.6 Å². The van der Waals surface area contributed by atoms with Gasteiger partial charge in [0, 0.05) is 32.4 Å². The summed E-state index contributed by atoms with van der Waals surface area (Å²) >= 11 is 0. The van der Waals surface area contributed by atoms with Crippen molar-refractivity contribution in [2.75, 3.05) is 26.3 Å². The Morgan fingerprint density at radius 3 is 1.62 bits per heavy atom. The minimum Gasteiger partial charge on any atom is -0.450 e. The molecule has 0 bridgehead atoms. The fraction of sp³-hybridized carbons (Fsp3) is 0.560. The van der Waals surface area contributed by atoms with E-state index < -0.39 is 12.2 Å². The molecule has 2 amide bonds. The molecule has 9 heteroatoms. The SMILES string of the molecule is C=CC(=O)CCNC(=O)OCC.C=CC(=O)CCNC(=O)OCC.CC1=CC(=O)CC(C)(C)C1. The summed E-state index contributed by atoms with van der Waals surface area (Å²) in [5.41, 5.74) is 1.43. The molecule has 2 N–H and O–H groups in total. The van der Waals surface area contributed by atoms with E-state index in [1.807, 2.05) is 6.92 Å². The molecule has 0 spiro atoms. The van der Waals surface area contributed by atoms with E-state index in [2.05, 4.69) is 47.1 Å². The third-order valence-corrected chi connectivity index (χ3v) is 4.11. The van der Waals surface area contributed by atoms with Gasteiger partial charge in [0.15, 0.2) is 17.3 Å². The van der Waals surface area contributed by atoms with E-state index >= 15 is 0 Å². The van der Waals surface area contributed by atoms with Crippen LogP contribution >= 0.6 is 0 Å². The smallest absolute Gasteiger partial charge is 0.407 e. The quantitative estimate of drug-likeness (QED) is 0.451. The average Bonchev–Trinajstić information content (AvgIpc) is 2.73. The Morgan fingerprint density at radius 2 is 1.32 bits per heavy atom. The first-order valence-electron chi connectivity index (χ1n) is 11.2. The topological polar surface area (TPSA) is 128 Å². The summed E-state index contributed by atoms with van der Waals surface area (Å²) in [6.45, 7) is 17.6. The van der Waals surface area contributed by atoms with Crippen LogP contribution in [0.15, 0.2) is 37.0 Å². The number of amides is 2. The second-order valence-electron chi connectivity index (χ2n) is 8.11. The molecule has 0 fully saturated rings. The number of nitrogens with one attached hydrogen (secondary N) is 2. The highest BCUT2D eigenvalue weighted by Gasteiger charge is 2.25. The molecule has 0 aromatic rings. The first-order valence-corrected chi connectivity index (χ1v) is 11.2. The summed E-state index contributed by atoms with van der Waals surface area (Å²) in [7, 11) is 0. The molecule has 34 heavy (non-hydrogen) atoms. The van der Waals surface area contributed by atoms with Gasteiger partial charge in [-0.25, -0.2) is 9.59 Å². The fourth-order valence-electron chi connectivity index (χ4n) is 2.81. The second kappa shape index (κ2) is 19.3. The zero-order valence-electron chi connectivity index (χ0n) is 21.2. The molecule has 0 heterocycles. The number of alkyl carbamates (subject to hydrolysis) is 2. The van der Waals surface area contributed by atoms with Crippen molar-refractivity contribution in [3.8, 4) is 0 Å². The Bertz CT molecular complexity index is 700. The van der Waals surface area contributed by atoms with Crippen molar-refractivity contribution in [2.45, 2.75) is 60.3 Å². The van der Waals surface area contributed by atoms with Gasteiger partial charge in [0.2, 0.25) is 0 Å². The van der Waals surface area contributed by atoms with E-state index in [9.17, 15) is 24.0 Å². The van der Waals surface area contributed by atoms with Crippen molar-refractivity contribution in [2.24, 2.45) is 5.41 Å². The fourth-order valence-corrected chi connectivity index (χ4v) is 2.81. The molecule has 0 aromatic heterocycles. The predicted molar refractivity (Wildman–Crippen MR) is 131 cm³/mol. The number of carbonyl (C=O) groups excluding carboxylic acids is 5. The summed E-state index contributed by atoms with van der Waals surface area (Å²) in [6.07, 6.45) is 5.56. The Balaban J connectivity index is 0. The Labute approximate surface area is 203 Å². The maximum atomic E-state index is 11.0. The summed E-state index contributed by atoms with van der Waals surface area (Å²) in [5.74, 6) is 0.104. The van der Waals surface area contributed by atoms with E-state index in [-0.39, 0.29) is 35.6 Å². The largest absolute Gasteiger partial charge is 0.450 e. The highest BCUT2D eigenvalue weighted by atomic mass is 16.6. The van der Waals surface area contributed by atoms with Crippen molar-refractivity contribution >= 4 is 29.5 Å². The van der Waals surface area contributed by atoms with Crippen molar-refractivity contribution in [1.82, 2.24) is 10.6 Å². The second-order valence-corrected chi connectivity index (χ2v) is 8.11. The minimum atomic E-state index is -0.491. The number of allylic oxidation sites excluding steroid dienone is 4. The van der Waals surface area contributed by atoms with Gasteiger partial charge in [-0.3, -0.25) is 14.4 Å². The van der Waals surface area contributed by atoms with Crippen molar-refractivity contribution < 1.29 is 33.4 Å². The lowest BCUT2D eigenvalue weighted by atomic mass is 9.77. The van der Waals surface area contributed by atoms with Crippen LogP contribution in [0.5, 0.6) is 0 Å².